The molecule has 0 bridgehead atoms. The minimum absolute atomic E-state index is 0.426. The Hall–Kier alpha value is -0.770. The molecule has 1 aliphatic rings. The van der Waals surface area contributed by atoms with E-state index < -0.39 is 6.10 Å². The molecule has 2 aromatic carbocycles. The highest BCUT2D eigenvalue weighted by Crippen LogP contribution is 2.36. The molecule has 1 nitrogen and oxygen atoms in total. The van der Waals surface area contributed by atoms with Gasteiger partial charge in [-0.05, 0) is 83.1 Å². The van der Waals surface area contributed by atoms with E-state index in [1.807, 2.05) is 12.1 Å². The van der Waals surface area contributed by atoms with Crippen molar-refractivity contribution in [3.8, 4) is 0 Å². The summed E-state index contributed by atoms with van der Waals surface area (Å²) in [5.74, 6) is 0. The summed E-state index contributed by atoms with van der Waals surface area (Å²) in [6.07, 6.45) is 3.31. The Balaban J connectivity index is 1.84. The Bertz CT molecular complexity index is 637. The Morgan fingerprint density at radius 2 is 1.90 bits per heavy atom. The van der Waals surface area contributed by atoms with E-state index in [1.54, 1.807) is 18.7 Å². The molecule has 1 aliphatic carbocycles. The summed E-state index contributed by atoms with van der Waals surface area (Å²) in [5.41, 5.74) is 3.96. The first-order valence-electron chi connectivity index (χ1n) is 6.90. The summed E-state index contributed by atoms with van der Waals surface area (Å²) in [6, 6.07) is 12.9. The summed E-state index contributed by atoms with van der Waals surface area (Å²) in [5, 5.41) is 9.61. The summed E-state index contributed by atoms with van der Waals surface area (Å²) < 4.78 is 1.04. The van der Waals surface area contributed by atoms with E-state index in [0.29, 0.717) is 0 Å². The van der Waals surface area contributed by atoms with Crippen LogP contribution in [0.5, 0.6) is 0 Å². The SMILES string of the molecule is C[C@H](O)c1ccc(Sc2ccc3c(c2)CCC3)c(Br)c1. The van der Waals surface area contributed by atoms with Gasteiger partial charge >= 0.3 is 0 Å². The van der Waals surface area contributed by atoms with Crippen molar-refractivity contribution in [3.05, 3.63) is 57.6 Å². The standard InChI is InChI=1S/C17H17BrOS/c1-11(19)13-6-8-17(16(18)10-13)20-15-7-5-12-3-2-4-14(12)9-15/h5-11,19H,2-4H2,1H3/t11-/m0/s1. The van der Waals surface area contributed by atoms with Crippen LogP contribution in [0.1, 0.15) is 36.1 Å². The van der Waals surface area contributed by atoms with Crippen LogP contribution in [0.2, 0.25) is 0 Å². The van der Waals surface area contributed by atoms with Crippen molar-refractivity contribution in [1.82, 2.24) is 0 Å². The van der Waals surface area contributed by atoms with Crippen LogP contribution in [0.3, 0.4) is 0 Å². The van der Waals surface area contributed by atoms with Crippen LogP contribution in [-0.2, 0) is 12.8 Å². The lowest BCUT2D eigenvalue weighted by Gasteiger charge is -2.10. The summed E-state index contributed by atoms with van der Waals surface area (Å²) >= 11 is 5.38. The van der Waals surface area contributed by atoms with Gasteiger partial charge in [-0.15, -0.1) is 0 Å². The molecule has 3 rings (SSSR count). The molecule has 1 N–H and O–H groups in total. The average molecular weight is 349 g/mol. The van der Waals surface area contributed by atoms with Crippen LogP contribution in [0.25, 0.3) is 0 Å². The fourth-order valence-corrected chi connectivity index (χ4v) is 4.12. The van der Waals surface area contributed by atoms with E-state index in [9.17, 15) is 5.11 Å². The van der Waals surface area contributed by atoms with Crippen molar-refractivity contribution < 1.29 is 5.11 Å². The van der Waals surface area contributed by atoms with E-state index in [-0.39, 0.29) is 0 Å². The van der Waals surface area contributed by atoms with Gasteiger partial charge in [0, 0.05) is 14.3 Å². The highest BCUT2D eigenvalue weighted by Gasteiger charge is 2.12. The number of fused-ring (bicyclic) bond motifs is 1. The van der Waals surface area contributed by atoms with E-state index in [4.69, 9.17) is 0 Å². The fourth-order valence-electron chi connectivity index (χ4n) is 2.60. The van der Waals surface area contributed by atoms with Gasteiger partial charge in [0.1, 0.15) is 0 Å². The summed E-state index contributed by atoms with van der Waals surface area (Å²) in [7, 11) is 0. The summed E-state index contributed by atoms with van der Waals surface area (Å²) in [4.78, 5) is 2.48. The smallest absolute Gasteiger partial charge is 0.0762 e. The number of rotatable bonds is 3. The van der Waals surface area contributed by atoms with E-state index in [1.165, 1.54) is 40.2 Å². The zero-order valence-corrected chi connectivity index (χ0v) is 13.8. The first-order chi connectivity index (χ1) is 9.63. The quantitative estimate of drug-likeness (QED) is 0.828. The van der Waals surface area contributed by atoms with Crippen LogP contribution in [-0.4, -0.2) is 5.11 Å². The Morgan fingerprint density at radius 1 is 1.10 bits per heavy atom. The Morgan fingerprint density at radius 3 is 2.65 bits per heavy atom. The molecule has 0 unspecified atom stereocenters. The first-order valence-corrected chi connectivity index (χ1v) is 8.51. The second-order valence-electron chi connectivity index (χ2n) is 5.25. The molecule has 0 saturated carbocycles. The largest absolute Gasteiger partial charge is 0.389 e. The highest BCUT2D eigenvalue weighted by molar-refractivity contribution is 9.10. The molecule has 0 fully saturated rings. The van der Waals surface area contributed by atoms with Gasteiger partial charge in [-0.2, -0.15) is 0 Å². The molecule has 3 heteroatoms. The molecular weight excluding hydrogens is 332 g/mol. The molecule has 0 saturated heterocycles. The van der Waals surface area contributed by atoms with Crippen molar-refractivity contribution in [2.45, 2.75) is 42.1 Å². The van der Waals surface area contributed by atoms with Crippen LogP contribution >= 0.6 is 27.7 Å². The van der Waals surface area contributed by atoms with Gasteiger partial charge in [0.05, 0.1) is 6.10 Å². The molecule has 0 spiro atoms. The van der Waals surface area contributed by atoms with Gasteiger partial charge in [0.2, 0.25) is 0 Å². The molecule has 104 valence electrons. The fraction of sp³-hybridized carbons (Fsp3) is 0.294. The van der Waals surface area contributed by atoms with Gasteiger partial charge in [0.15, 0.2) is 0 Å². The monoisotopic (exact) mass is 348 g/mol. The molecule has 0 amide bonds. The van der Waals surface area contributed by atoms with Gasteiger partial charge in [0.25, 0.3) is 0 Å². The van der Waals surface area contributed by atoms with Gasteiger partial charge in [-0.25, -0.2) is 0 Å². The van der Waals surface area contributed by atoms with Crippen LogP contribution in [0.4, 0.5) is 0 Å². The lowest BCUT2D eigenvalue weighted by molar-refractivity contribution is 0.199. The zero-order valence-electron chi connectivity index (χ0n) is 11.4. The Labute approximate surface area is 132 Å². The second kappa shape index (κ2) is 5.92. The van der Waals surface area contributed by atoms with E-state index in [0.717, 1.165) is 10.0 Å². The summed E-state index contributed by atoms with van der Waals surface area (Å²) in [6.45, 7) is 1.79. The number of hydrogen-bond donors (Lipinski definition) is 1. The van der Waals surface area contributed by atoms with Crippen molar-refractivity contribution >= 4 is 27.7 Å². The minimum Gasteiger partial charge on any atom is -0.389 e. The predicted molar refractivity (Wildman–Crippen MR) is 87.4 cm³/mol. The lowest BCUT2D eigenvalue weighted by atomic mass is 10.1. The minimum atomic E-state index is -0.426. The predicted octanol–water partition coefficient (Wildman–Crippen LogP) is 5.14. The molecule has 0 radical (unpaired) electrons. The number of aryl methyl sites for hydroxylation is 2. The van der Waals surface area contributed by atoms with E-state index in [2.05, 4.69) is 40.2 Å². The maximum Gasteiger partial charge on any atom is 0.0762 e. The third kappa shape index (κ3) is 2.95. The third-order valence-corrected chi connectivity index (χ3v) is 5.72. The molecule has 0 heterocycles. The normalized spacial score (nSPS) is 15.2. The molecule has 0 aliphatic heterocycles. The van der Waals surface area contributed by atoms with Crippen molar-refractivity contribution in [2.24, 2.45) is 0 Å². The van der Waals surface area contributed by atoms with Crippen molar-refractivity contribution in [2.75, 3.05) is 0 Å². The molecule has 2 aromatic rings. The topological polar surface area (TPSA) is 20.2 Å². The number of aliphatic hydroxyl groups is 1. The maximum absolute atomic E-state index is 9.61. The maximum atomic E-state index is 9.61. The molecule has 1 atom stereocenters. The van der Waals surface area contributed by atoms with E-state index >= 15 is 0 Å². The van der Waals surface area contributed by atoms with Gasteiger partial charge in [-0.1, -0.05) is 23.9 Å². The van der Waals surface area contributed by atoms with Crippen molar-refractivity contribution in [1.29, 1.82) is 0 Å². The van der Waals surface area contributed by atoms with Gasteiger partial charge in [-0.3, -0.25) is 0 Å². The molecule has 20 heavy (non-hydrogen) atoms. The number of hydrogen-bond acceptors (Lipinski definition) is 2. The molecule has 0 aromatic heterocycles. The van der Waals surface area contributed by atoms with Crippen LogP contribution < -0.4 is 0 Å². The Kier molecular flexibility index (Phi) is 4.20. The van der Waals surface area contributed by atoms with Gasteiger partial charge < -0.3 is 5.11 Å². The first kappa shape index (κ1) is 14.2. The number of benzene rings is 2. The van der Waals surface area contributed by atoms with Crippen LogP contribution in [0, 0.1) is 0 Å². The zero-order chi connectivity index (χ0) is 14.1. The van der Waals surface area contributed by atoms with Crippen molar-refractivity contribution in [3.63, 3.8) is 0 Å². The average Bonchev–Trinajstić information content (AvgIpc) is 2.88. The molecular formula is C17H17BrOS. The number of aliphatic hydroxyl groups excluding tert-OH is 1. The second-order valence-corrected chi connectivity index (χ2v) is 7.22. The highest BCUT2D eigenvalue weighted by atomic mass is 79.9. The lowest BCUT2D eigenvalue weighted by Crippen LogP contribution is -1.91. The third-order valence-electron chi connectivity index (χ3n) is 3.74. The number of halogens is 1. The van der Waals surface area contributed by atoms with Crippen LogP contribution in [0.15, 0.2) is 50.7 Å².